The lowest BCUT2D eigenvalue weighted by atomic mass is 10.0. The summed E-state index contributed by atoms with van der Waals surface area (Å²) in [6.45, 7) is 0.534. The van der Waals surface area contributed by atoms with Gasteiger partial charge in [-0.1, -0.05) is 18.2 Å². The number of carbonyl (C=O) groups excluding carboxylic acids is 1. The van der Waals surface area contributed by atoms with E-state index in [-0.39, 0.29) is 11.9 Å². The Labute approximate surface area is 154 Å². The third-order valence-corrected chi connectivity index (χ3v) is 4.72. The molecule has 1 aromatic heterocycles. The van der Waals surface area contributed by atoms with E-state index in [4.69, 9.17) is 4.74 Å². The smallest absolute Gasteiger partial charge is 0.251 e. The fourth-order valence-electron chi connectivity index (χ4n) is 3.24. The monoisotopic (exact) mass is 351 g/mol. The van der Waals surface area contributed by atoms with Crippen LogP contribution in [0.3, 0.4) is 0 Å². The zero-order chi connectivity index (χ0) is 18.7. The van der Waals surface area contributed by atoms with Gasteiger partial charge >= 0.3 is 0 Å². The van der Waals surface area contributed by atoms with Crippen molar-refractivity contribution < 1.29 is 9.53 Å². The molecule has 1 amide bonds. The Morgan fingerprint density at radius 2 is 1.85 bits per heavy atom. The molecular formula is C21H25N3O2. The number of amides is 1. The van der Waals surface area contributed by atoms with Crippen molar-refractivity contribution in [3.63, 3.8) is 0 Å². The van der Waals surface area contributed by atoms with Crippen molar-refractivity contribution in [2.24, 2.45) is 7.05 Å². The van der Waals surface area contributed by atoms with E-state index in [2.05, 4.69) is 46.2 Å². The summed E-state index contributed by atoms with van der Waals surface area (Å²) in [5.41, 5.74) is 3.03. The first-order chi connectivity index (χ1) is 12.5. The molecule has 0 saturated carbocycles. The predicted molar refractivity (Wildman–Crippen MR) is 105 cm³/mol. The SMILES string of the molecule is COc1ccc(C(=O)NCC(c2cn(C)c3ccccc23)N(C)C)cc1. The molecule has 5 nitrogen and oxygen atoms in total. The number of hydrogen-bond donors (Lipinski definition) is 1. The lowest BCUT2D eigenvalue weighted by Gasteiger charge is -2.24. The van der Waals surface area contributed by atoms with Crippen molar-refractivity contribution in [2.45, 2.75) is 6.04 Å². The van der Waals surface area contributed by atoms with Gasteiger partial charge in [0.1, 0.15) is 5.75 Å². The Balaban J connectivity index is 1.79. The molecule has 0 bridgehead atoms. The normalized spacial score (nSPS) is 12.3. The van der Waals surface area contributed by atoms with Crippen LogP contribution in [-0.4, -0.2) is 43.1 Å². The van der Waals surface area contributed by atoms with Crippen molar-refractivity contribution >= 4 is 16.8 Å². The number of carbonyl (C=O) groups is 1. The minimum Gasteiger partial charge on any atom is -0.497 e. The molecule has 0 fully saturated rings. The second-order valence-corrected chi connectivity index (χ2v) is 6.63. The van der Waals surface area contributed by atoms with Crippen molar-refractivity contribution in [1.29, 1.82) is 0 Å². The molecule has 0 aliphatic heterocycles. The van der Waals surface area contributed by atoms with Crippen molar-refractivity contribution in [3.8, 4) is 5.75 Å². The number of aromatic nitrogens is 1. The molecule has 1 unspecified atom stereocenters. The highest BCUT2D eigenvalue weighted by atomic mass is 16.5. The van der Waals surface area contributed by atoms with Crippen LogP contribution in [0.15, 0.2) is 54.7 Å². The van der Waals surface area contributed by atoms with Crippen LogP contribution in [0.2, 0.25) is 0 Å². The second kappa shape index (κ2) is 7.62. The number of aryl methyl sites for hydroxylation is 1. The van der Waals surface area contributed by atoms with E-state index in [0.717, 1.165) is 5.75 Å². The number of hydrogen-bond acceptors (Lipinski definition) is 3. The average Bonchev–Trinajstić information content (AvgIpc) is 2.98. The van der Waals surface area contributed by atoms with E-state index in [1.807, 2.05) is 20.2 Å². The van der Waals surface area contributed by atoms with Crippen molar-refractivity contribution in [2.75, 3.05) is 27.7 Å². The van der Waals surface area contributed by atoms with Crippen LogP contribution in [0.1, 0.15) is 22.0 Å². The Morgan fingerprint density at radius 3 is 2.50 bits per heavy atom. The molecule has 2 aromatic carbocycles. The van der Waals surface area contributed by atoms with Crippen LogP contribution in [0.25, 0.3) is 10.9 Å². The van der Waals surface area contributed by atoms with Gasteiger partial charge in [0, 0.05) is 36.3 Å². The van der Waals surface area contributed by atoms with Gasteiger partial charge in [-0.15, -0.1) is 0 Å². The summed E-state index contributed by atoms with van der Waals surface area (Å²) in [4.78, 5) is 14.6. The van der Waals surface area contributed by atoms with Crippen molar-refractivity contribution in [3.05, 3.63) is 65.9 Å². The van der Waals surface area contributed by atoms with E-state index in [1.165, 1.54) is 16.5 Å². The number of nitrogens with one attached hydrogen (secondary N) is 1. The number of rotatable bonds is 6. The largest absolute Gasteiger partial charge is 0.497 e. The van der Waals surface area contributed by atoms with Gasteiger partial charge in [-0.3, -0.25) is 4.79 Å². The van der Waals surface area contributed by atoms with Gasteiger partial charge in [-0.2, -0.15) is 0 Å². The number of fused-ring (bicyclic) bond motifs is 1. The van der Waals surface area contributed by atoms with Gasteiger partial charge in [0.05, 0.1) is 13.2 Å². The molecule has 3 aromatic rings. The molecule has 1 heterocycles. The number of benzene rings is 2. The van der Waals surface area contributed by atoms with Gasteiger partial charge < -0.3 is 19.5 Å². The minimum atomic E-state index is -0.0836. The lowest BCUT2D eigenvalue weighted by Crippen LogP contribution is -2.34. The van der Waals surface area contributed by atoms with E-state index >= 15 is 0 Å². The molecule has 5 heteroatoms. The van der Waals surface area contributed by atoms with E-state index < -0.39 is 0 Å². The second-order valence-electron chi connectivity index (χ2n) is 6.63. The highest BCUT2D eigenvalue weighted by Crippen LogP contribution is 2.28. The third kappa shape index (κ3) is 3.58. The molecule has 0 spiro atoms. The first-order valence-corrected chi connectivity index (χ1v) is 8.64. The van der Waals surface area contributed by atoms with Gasteiger partial charge in [0.15, 0.2) is 0 Å². The molecule has 26 heavy (non-hydrogen) atoms. The predicted octanol–water partition coefficient (Wildman–Crippen LogP) is 3.22. The number of ether oxygens (including phenoxy) is 1. The molecule has 1 atom stereocenters. The maximum Gasteiger partial charge on any atom is 0.251 e. The van der Waals surface area contributed by atoms with E-state index in [1.54, 1.807) is 31.4 Å². The Morgan fingerprint density at radius 1 is 1.15 bits per heavy atom. The summed E-state index contributed by atoms with van der Waals surface area (Å²) in [6.07, 6.45) is 2.15. The Kier molecular flexibility index (Phi) is 5.28. The number of nitrogens with zero attached hydrogens (tertiary/aromatic N) is 2. The quantitative estimate of drug-likeness (QED) is 0.742. The maximum atomic E-state index is 12.5. The average molecular weight is 351 g/mol. The zero-order valence-electron chi connectivity index (χ0n) is 15.7. The summed E-state index contributed by atoms with van der Waals surface area (Å²) >= 11 is 0. The molecule has 1 N–H and O–H groups in total. The number of likely N-dealkylation sites (N-methyl/N-ethyl adjacent to an activating group) is 1. The molecule has 0 saturated heterocycles. The summed E-state index contributed by atoms with van der Waals surface area (Å²) in [5, 5.41) is 4.27. The lowest BCUT2D eigenvalue weighted by molar-refractivity contribution is 0.0942. The molecule has 0 radical (unpaired) electrons. The molecule has 0 aliphatic rings. The fourth-order valence-corrected chi connectivity index (χ4v) is 3.24. The van der Waals surface area contributed by atoms with E-state index in [9.17, 15) is 4.79 Å². The van der Waals surface area contributed by atoms with Gasteiger partial charge in [-0.25, -0.2) is 0 Å². The fraction of sp³-hybridized carbons (Fsp3) is 0.286. The highest BCUT2D eigenvalue weighted by molar-refractivity contribution is 5.94. The summed E-state index contributed by atoms with van der Waals surface area (Å²) in [6, 6.07) is 15.6. The van der Waals surface area contributed by atoms with Crippen LogP contribution in [0.5, 0.6) is 5.75 Å². The van der Waals surface area contributed by atoms with E-state index in [0.29, 0.717) is 12.1 Å². The molecular weight excluding hydrogens is 326 g/mol. The molecule has 136 valence electrons. The summed E-state index contributed by atoms with van der Waals surface area (Å²) in [5.74, 6) is 0.656. The van der Waals surface area contributed by atoms with Crippen molar-refractivity contribution in [1.82, 2.24) is 14.8 Å². The summed E-state index contributed by atoms with van der Waals surface area (Å²) in [7, 11) is 7.73. The Hall–Kier alpha value is -2.79. The minimum absolute atomic E-state index is 0.0836. The molecule has 0 aliphatic carbocycles. The van der Waals surface area contributed by atoms with Crippen LogP contribution < -0.4 is 10.1 Å². The number of methoxy groups -OCH3 is 1. The van der Waals surface area contributed by atoms with Gasteiger partial charge in [-0.05, 0) is 50.0 Å². The highest BCUT2D eigenvalue weighted by Gasteiger charge is 2.20. The number of para-hydroxylation sites is 1. The zero-order valence-corrected chi connectivity index (χ0v) is 15.7. The van der Waals surface area contributed by atoms with Gasteiger partial charge in [0.2, 0.25) is 0 Å². The van der Waals surface area contributed by atoms with Crippen LogP contribution in [0.4, 0.5) is 0 Å². The first-order valence-electron chi connectivity index (χ1n) is 8.64. The van der Waals surface area contributed by atoms with Crippen LogP contribution in [0, 0.1) is 0 Å². The Bertz CT molecular complexity index is 897. The van der Waals surface area contributed by atoms with Crippen LogP contribution >= 0.6 is 0 Å². The molecule has 3 rings (SSSR count). The topological polar surface area (TPSA) is 46.5 Å². The maximum absolute atomic E-state index is 12.5. The van der Waals surface area contributed by atoms with Crippen LogP contribution in [-0.2, 0) is 7.05 Å². The first kappa shape index (κ1) is 18.0. The standard InChI is InChI=1S/C21H25N3O2/c1-23(2)20(18-14-24(3)19-8-6-5-7-17(18)19)13-22-21(25)15-9-11-16(26-4)12-10-15/h5-12,14,20H,13H2,1-4H3,(H,22,25). The van der Waals surface area contributed by atoms with Gasteiger partial charge in [0.25, 0.3) is 5.91 Å². The summed E-state index contributed by atoms with van der Waals surface area (Å²) < 4.78 is 7.27. The third-order valence-electron chi connectivity index (χ3n) is 4.72.